The molecule has 0 aromatic heterocycles. The van der Waals surface area contributed by atoms with Crippen molar-refractivity contribution in [2.75, 3.05) is 31.0 Å². The molecule has 32 heavy (non-hydrogen) atoms. The Bertz CT molecular complexity index is 1100. The summed E-state index contributed by atoms with van der Waals surface area (Å²) >= 11 is 5.96. The van der Waals surface area contributed by atoms with Crippen molar-refractivity contribution in [1.82, 2.24) is 4.90 Å². The Morgan fingerprint density at radius 3 is 2.44 bits per heavy atom. The molecular formula is C22H25ClN2O6S. The number of morpholine rings is 1. The molecule has 1 aliphatic heterocycles. The lowest BCUT2D eigenvalue weighted by molar-refractivity contribution is -0.146. The summed E-state index contributed by atoms with van der Waals surface area (Å²) in [5.74, 6) is -1.11. The van der Waals surface area contributed by atoms with Gasteiger partial charge in [-0.05, 0) is 50.2 Å². The lowest BCUT2D eigenvalue weighted by Gasteiger charge is -2.35. The first kappa shape index (κ1) is 24.0. The second kappa shape index (κ2) is 9.89. The van der Waals surface area contributed by atoms with Crippen LogP contribution < -0.4 is 4.31 Å². The Labute approximate surface area is 192 Å². The number of carbonyl (C=O) groups is 2. The number of hydrogen-bond acceptors (Lipinski definition) is 6. The summed E-state index contributed by atoms with van der Waals surface area (Å²) in [7, 11) is -2.55. The molecule has 3 rings (SSSR count). The molecule has 10 heteroatoms. The van der Waals surface area contributed by atoms with Gasteiger partial charge in [-0.2, -0.15) is 0 Å². The molecule has 0 saturated carbocycles. The maximum absolute atomic E-state index is 13.0. The van der Waals surface area contributed by atoms with E-state index < -0.39 is 22.6 Å². The van der Waals surface area contributed by atoms with E-state index in [0.717, 1.165) is 4.31 Å². The number of halogens is 1. The first-order valence-electron chi connectivity index (χ1n) is 10.0. The molecule has 172 valence electrons. The van der Waals surface area contributed by atoms with Crippen LogP contribution in [0.15, 0.2) is 53.4 Å². The molecule has 2 aromatic rings. The lowest BCUT2D eigenvalue weighted by Crippen LogP contribution is -2.49. The van der Waals surface area contributed by atoms with Gasteiger partial charge >= 0.3 is 5.97 Å². The fourth-order valence-corrected chi connectivity index (χ4v) is 4.85. The minimum absolute atomic E-state index is 0.0297. The number of carbonyl (C=O) groups excluding carboxylic acids is 2. The largest absolute Gasteiger partial charge is 0.452 e. The molecule has 0 N–H and O–H groups in total. The van der Waals surface area contributed by atoms with Crippen LogP contribution in [-0.2, 0) is 24.3 Å². The van der Waals surface area contributed by atoms with Crippen molar-refractivity contribution >= 4 is 39.2 Å². The van der Waals surface area contributed by atoms with Crippen LogP contribution in [0.4, 0.5) is 5.69 Å². The number of esters is 1. The van der Waals surface area contributed by atoms with Crippen molar-refractivity contribution in [3.8, 4) is 0 Å². The summed E-state index contributed by atoms with van der Waals surface area (Å²) in [6.45, 7) is 4.15. The highest BCUT2D eigenvalue weighted by molar-refractivity contribution is 7.92. The minimum Gasteiger partial charge on any atom is -0.452 e. The van der Waals surface area contributed by atoms with E-state index in [1.807, 2.05) is 13.8 Å². The van der Waals surface area contributed by atoms with Gasteiger partial charge in [0.05, 0.1) is 28.4 Å². The number of ether oxygens (including phenoxy) is 2. The first-order chi connectivity index (χ1) is 15.1. The average Bonchev–Trinajstić information content (AvgIpc) is 2.76. The standard InChI is InChI=1S/C22H25ClN2O6S/c1-15-12-25(13-16(2)31-15)21(26)14-30-22(27)17-6-4-9-20(10-17)32(28,29)24(3)19-8-5-7-18(23)11-19/h4-11,15-16H,12-14H2,1-3H3/t15-,16+. The Hall–Kier alpha value is -2.62. The Morgan fingerprint density at radius 2 is 1.78 bits per heavy atom. The van der Waals surface area contributed by atoms with Crippen molar-refractivity contribution in [2.24, 2.45) is 0 Å². The number of nitrogens with zero attached hydrogens (tertiary/aromatic N) is 2. The second-order valence-electron chi connectivity index (χ2n) is 7.61. The maximum Gasteiger partial charge on any atom is 0.338 e. The van der Waals surface area contributed by atoms with Gasteiger partial charge in [0.25, 0.3) is 15.9 Å². The highest BCUT2D eigenvalue weighted by Gasteiger charge is 2.27. The molecule has 0 bridgehead atoms. The summed E-state index contributed by atoms with van der Waals surface area (Å²) in [5, 5.41) is 0.399. The van der Waals surface area contributed by atoms with E-state index in [1.165, 1.54) is 37.4 Å². The van der Waals surface area contributed by atoms with E-state index in [2.05, 4.69) is 0 Å². The molecule has 0 unspecified atom stereocenters. The number of sulfonamides is 1. The summed E-state index contributed by atoms with van der Waals surface area (Å²) in [6.07, 6.45) is -0.200. The second-order valence-corrected chi connectivity index (χ2v) is 10.0. The monoisotopic (exact) mass is 480 g/mol. The smallest absolute Gasteiger partial charge is 0.338 e. The van der Waals surface area contributed by atoms with Crippen LogP contribution in [0.3, 0.4) is 0 Å². The van der Waals surface area contributed by atoms with Gasteiger partial charge in [-0.1, -0.05) is 23.7 Å². The molecular weight excluding hydrogens is 456 g/mol. The Balaban J connectivity index is 1.69. The van der Waals surface area contributed by atoms with Gasteiger partial charge < -0.3 is 14.4 Å². The summed E-state index contributed by atoms with van der Waals surface area (Å²) in [5.41, 5.74) is 0.409. The molecule has 1 heterocycles. The normalized spacial score (nSPS) is 18.8. The zero-order valence-corrected chi connectivity index (χ0v) is 19.6. The van der Waals surface area contributed by atoms with Gasteiger partial charge in [-0.25, -0.2) is 13.2 Å². The predicted molar refractivity (Wildman–Crippen MR) is 120 cm³/mol. The SMILES string of the molecule is C[C@@H]1CN(C(=O)COC(=O)c2cccc(S(=O)(=O)N(C)c3cccc(Cl)c3)c2)C[C@H](C)O1. The Kier molecular flexibility index (Phi) is 7.43. The molecule has 0 aliphatic carbocycles. The van der Waals surface area contributed by atoms with Gasteiger partial charge in [0, 0.05) is 25.2 Å². The molecule has 0 radical (unpaired) electrons. The Morgan fingerprint density at radius 1 is 1.12 bits per heavy atom. The topological polar surface area (TPSA) is 93.2 Å². The summed E-state index contributed by atoms with van der Waals surface area (Å²) in [4.78, 5) is 26.4. The highest BCUT2D eigenvalue weighted by atomic mass is 35.5. The van der Waals surface area contributed by atoms with E-state index in [4.69, 9.17) is 21.1 Å². The minimum atomic E-state index is -3.95. The van der Waals surface area contributed by atoms with Crippen LogP contribution in [0.5, 0.6) is 0 Å². The highest BCUT2D eigenvalue weighted by Crippen LogP contribution is 2.25. The third-order valence-corrected chi connectivity index (χ3v) is 7.02. The number of amides is 1. The van der Waals surface area contributed by atoms with Crippen LogP contribution in [0.2, 0.25) is 5.02 Å². The van der Waals surface area contributed by atoms with Crippen molar-refractivity contribution in [2.45, 2.75) is 31.0 Å². The van der Waals surface area contributed by atoms with Gasteiger partial charge in [0.15, 0.2) is 6.61 Å². The number of benzene rings is 2. The molecule has 2 aromatic carbocycles. The first-order valence-corrected chi connectivity index (χ1v) is 11.8. The van der Waals surface area contributed by atoms with Crippen molar-refractivity contribution < 1.29 is 27.5 Å². The predicted octanol–water partition coefficient (Wildman–Crippen LogP) is 2.96. The van der Waals surface area contributed by atoms with Crippen LogP contribution in [0, 0.1) is 0 Å². The van der Waals surface area contributed by atoms with Crippen molar-refractivity contribution in [3.05, 3.63) is 59.1 Å². The third-order valence-electron chi connectivity index (χ3n) is 5.00. The molecule has 8 nitrogen and oxygen atoms in total. The van der Waals surface area contributed by atoms with Crippen molar-refractivity contribution in [1.29, 1.82) is 0 Å². The van der Waals surface area contributed by atoms with E-state index in [-0.39, 0.29) is 28.6 Å². The van der Waals surface area contributed by atoms with Crippen LogP contribution in [0.25, 0.3) is 0 Å². The van der Waals surface area contributed by atoms with Crippen molar-refractivity contribution in [3.63, 3.8) is 0 Å². The zero-order valence-electron chi connectivity index (χ0n) is 18.0. The maximum atomic E-state index is 13.0. The molecule has 2 atom stereocenters. The molecule has 1 amide bonds. The van der Waals surface area contributed by atoms with Gasteiger partial charge in [0.1, 0.15) is 0 Å². The van der Waals surface area contributed by atoms with E-state index in [0.29, 0.717) is 23.8 Å². The quantitative estimate of drug-likeness (QED) is 0.590. The van der Waals surface area contributed by atoms with E-state index in [1.54, 1.807) is 23.1 Å². The number of anilines is 1. The lowest BCUT2D eigenvalue weighted by atomic mass is 10.2. The summed E-state index contributed by atoms with van der Waals surface area (Å²) in [6, 6.07) is 11.9. The number of rotatable bonds is 6. The van der Waals surface area contributed by atoms with E-state index in [9.17, 15) is 18.0 Å². The third kappa shape index (κ3) is 5.59. The molecule has 1 aliphatic rings. The fraction of sp³-hybridized carbons (Fsp3) is 0.364. The molecule has 1 saturated heterocycles. The van der Waals surface area contributed by atoms with Crippen LogP contribution >= 0.6 is 11.6 Å². The van der Waals surface area contributed by atoms with Crippen LogP contribution in [0.1, 0.15) is 24.2 Å². The van der Waals surface area contributed by atoms with Gasteiger partial charge in [0.2, 0.25) is 0 Å². The average molecular weight is 481 g/mol. The fourth-order valence-electron chi connectivity index (χ4n) is 3.44. The van der Waals surface area contributed by atoms with Gasteiger partial charge in [-0.15, -0.1) is 0 Å². The van der Waals surface area contributed by atoms with Gasteiger partial charge in [-0.3, -0.25) is 9.10 Å². The summed E-state index contributed by atoms with van der Waals surface area (Å²) < 4.78 is 37.8. The molecule has 0 spiro atoms. The zero-order chi connectivity index (χ0) is 23.5. The van der Waals surface area contributed by atoms with Crippen LogP contribution in [-0.4, -0.2) is 64.1 Å². The van der Waals surface area contributed by atoms with E-state index >= 15 is 0 Å². The molecule has 1 fully saturated rings. The number of hydrogen-bond donors (Lipinski definition) is 0.